The minimum atomic E-state index is -4.10. The van der Waals surface area contributed by atoms with Crippen LogP contribution in [0, 0.1) is 15.9 Å². The van der Waals surface area contributed by atoms with Gasteiger partial charge in [0.1, 0.15) is 18.4 Å². The third kappa shape index (κ3) is 8.09. The van der Waals surface area contributed by atoms with E-state index in [1.165, 1.54) is 36.4 Å². The van der Waals surface area contributed by atoms with Gasteiger partial charge in [-0.05, 0) is 24.1 Å². The molecule has 1 N–H and O–H groups in total. The van der Waals surface area contributed by atoms with Crippen molar-refractivity contribution in [3.05, 3.63) is 106 Å². The van der Waals surface area contributed by atoms with Crippen LogP contribution in [0.2, 0.25) is 0 Å². The van der Waals surface area contributed by atoms with Gasteiger partial charge < -0.3 is 10.2 Å². The van der Waals surface area contributed by atoms with Gasteiger partial charge in [0.2, 0.25) is 21.8 Å². The summed E-state index contributed by atoms with van der Waals surface area (Å²) < 4.78 is 41.0. The largest absolute Gasteiger partial charge is 0.354 e. The number of carbonyl (C=O) groups is 2. The van der Waals surface area contributed by atoms with Crippen molar-refractivity contribution in [3.63, 3.8) is 0 Å². The number of benzene rings is 3. The minimum absolute atomic E-state index is 0.0895. The molecule has 3 rings (SSSR count). The van der Waals surface area contributed by atoms with E-state index in [9.17, 15) is 32.5 Å². The number of nitrogens with zero attached hydrogens (tertiary/aromatic N) is 3. The third-order valence-corrected chi connectivity index (χ3v) is 7.27. The van der Waals surface area contributed by atoms with Crippen LogP contribution in [-0.4, -0.2) is 55.4 Å². The number of nitrogens with one attached hydrogen (secondary N) is 1. The quantitative estimate of drug-likeness (QED) is 0.247. The first-order valence-corrected chi connectivity index (χ1v) is 14.4. The maximum Gasteiger partial charge on any atom is 0.271 e. The number of amides is 2. The molecule has 2 amide bonds. The molecule has 0 bridgehead atoms. The third-order valence-electron chi connectivity index (χ3n) is 6.13. The Balaban J connectivity index is 2.07. The van der Waals surface area contributed by atoms with Crippen LogP contribution in [0.4, 0.5) is 15.8 Å². The zero-order valence-electron chi connectivity index (χ0n) is 22.2. The van der Waals surface area contributed by atoms with Crippen molar-refractivity contribution < 1.29 is 27.3 Å². The second kappa shape index (κ2) is 13.7. The Bertz CT molecular complexity index is 1450. The van der Waals surface area contributed by atoms with E-state index >= 15 is 0 Å². The molecule has 0 radical (unpaired) electrons. The summed E-state index contributed by atoms with van der Waals surface area (Å²) in [6.07, 6.45) is 1.60. The van der Waals surface area contributed by atoms with Crippen LogP contribution in [0.25, 0.3) is 0 Å². The van der Waals surface area contributed by atoms with E-state index in [0.717, 1.165) is 27.1 Å². The van der Waals surface area contributed by atoms with Crippen molar-refractivity contribution in [2.24, 2.45) is 0 Å². The van der Waals surface area contributed by atoms with Gasteiger partial charge in [-0.3, -0.25) is 24.0 Å². The van der Waals surface area contributed by atoms with E-state index in [4.69, 9.17) is 0 Å². The lowest BCUT2D eigenvalue weighted by molar-refractivity contribution is -0.384. The highest BCUT2D eigenvalue weighted by Gasteiger charge is 2.33. The van der Waals surface area contributed by atoms with Crippen LogP contribution in [-0.2, 0) is 32.6 Å². The normalized spacial score (nSPS) is 11.9. The highest BCUT2D eigenvalue weighted by molar-refractivity contribution is 7.92. The number of non-ortho nitro benzene ring substituents is 1. The summed E-state index contributed by atoms with van der Waals surface area (Å²) in [4.78, 5) is 39.1. The van der Waals surface area contributed by atoms with Crippen molar-refractivity contribution in [1.29, 1.82) is 0 Å². The number of rotatable bonds is 13. The van der Waals surface area contributed by atoms with Crippen LogP contribution in [0.3, 0.4) is 0 Å². The number of nitro groups is 1. The van der Waals surface area contributed by atoms with Gasteiger partial charge in [-0.25, -0.2) is 12.8 Å². The maximum atomic E-state index is 14.7. The van der Waals surface area contributed by atoms with E-state index in [2.05, 4.69) is 5.32 Å². The lowest BCUT2D eigenvalue weighted by atomic mass is 10.0. The summed E-state index contributed by atoms with van der Waals surface area (Å²) in [5.41, 5.74) is 0.427. The zero-order valence-corrected chi connectivity index (χ0v) is 23.0. The molecule has 212 valence electrons. The van der Waals surface area contributed by atoms with Gasteiger partial charge >= 0.3 is 0 Å². The molecule has 0 saturated carbocycles. The predicted octanol–water partition coefficient (Wildman–Crippen LogP) is 3.67. The van der Waals surface area contributed by atoms with Gasteiger partial charge in [0.25, 0.3) is 5.69 Å². The molecule has 0 aliphatic heterocycles. The van der Waals surface area contributed by atoms with Crippen LogP contribution < -0.4 is 9.62 Å². The smallest absolute Gasteiger partial charge is 0.271 e. The number of nitro benzene ring substituents is 1. The number of carbonyl (C=O) groups excluding carboxylic acids is 2. The monoisotopic (exact) mass is 570 g/mol. The molecule has 1 unspecified atom stereocenters. The molecule has 0 aliphatic carbocycles. The second-order valence-corrected chi connectivity index (χ2v) is 11.1. The fraction of sp³-hybridized carbons (Fsp3) is 0.286. The molecule has 3 aromatic carbocycles. The van der Waals surface area contributed by atoms with Crippen molar-refractivity contribution in [2.45, 2.75) is 32.4 Å². The Hall–Kier alpha value is -4.32. The molecule has 0 fully saturated rings. The Morgan fingerprint density at radius 2 is 1.70 bits per heavy atom. The van der Waals surface area contributed by atoms with Crippen molar-refractivity contribution in [1.82, 2.24) is 10.2 Å². The Morgan fingerprint density at radius 3 is 2.33 bits per heavy atom. The lowest BCUT2D eigenvalue weighted by Crippen LogP contribution is -2.53. The average molecular weight is 571 g/mol. The van der Waals surface area contributed by atoms with Gasteiger partial charge in [-0.2, -0.15) is 0 Å². The minimum Gasteiger partial charge on any atom is -0.354 e. The predicted molar refractivity (Wildman–Crippen MR) is 149 cm³/mol. The summed E-state index contributed by atoms with van der Waals surface area (Å²) in [6, 6.07) is 18.5. The topological polar surface area (TPSA) is 130 Å². The van der Waals surface area contributed by atoms with E-state index in [-0.39, 0.29) is 29.9 Å². The Morgan fingerprint density at radius 1 is 1.02 bits per heavy atom. The number of hydrogen-bond donors (Lipinski definition) is 1. The van der Waals surface area contributed by atoms with Gasteiger partial charge in [-0.15, -0.1) is 0 Å². The summed E-state index contributed by atoms with van der Waals surface area (Å²) >= 11 is 0. The Kier molecular flexibility index (Phi) is 10.3. The second-order valence-electron chi connectivity index (χ2n) is 9.16. The van der Waals surface area contributed by atoms with Gasteiger partial charge in [0.05, 0.1) is 16.9 Å². The summed E-state index contributed by atoms with van der Waals surface area (Å²) in [5.74, 6) is -1.85. The van der Waals surface area contributed by atoms with Crippen molar-refractivity contribution in [3.8, 4) is 0 Å². The number of sulfonamides is 1. The molecule has 1 atom stereocenters. The molecule has 0 saturated heterocycles. The van der Waals surface area contributed by atoms with Crippen molar-refractivity contribution in [2.75, 3.05) is 23.7 Å². The molecule has 12 heteroatoms. The van der Waals surface area contributed by atoms with Crippen LogP contribution >= 0.6 is 0 Å². The molecule has 40 heavy (non-hydrogen) atoms. The molecule has 0 spiro atoms. The van der Waals surface area contributed by atoms with Crippen LogP contribution in [0.15, 0.2) is 78.9 Å². The summed E-state index contributed by atoms with van der Waals surface area (Å²) in [7, 11) is -4.10. The van der Waals surface area contributed by atoms with Crippen LogP contribution in [0.1, 0.15) is 24.5 Å². The highest BCUT2D eigenvalue weighted by Crippen LogP contribution is 2.24. The molecule has 0 aromatic heterocycles. The molecular weight excluding hydrogens is 539 g/mol. The Labute approximate surface area is 232 Å². The van der Waals surface area contributed by atoms with Gasteiger partial charge in [0, 0.05) is 37.2 Å². The maximum absolute atomic E-state index is 14.7. The van der Waals surface area contributed by atoms with Crippen molar-refractivity contribution >= 4 is 33.2 Å². The number of halogens is 1. The summed E-state index contributed by atoms with van der Waals surface area (Å²) in [5, 5.41) is 14.1. The lowest BCUT2D eigenvalue weighted by Gasteiger charge is -2.33. The molecule has 0 aliphatic rings. The van der Waals surface area contributed by atoms with E-state index in [0.29, 0.717) is 13.0 Å². The zero-order chi connectivity index (χ0) is 29.3. The SMILES string of the molecule is CCCNC(=O)C(Cc1ccccc1)N(Cc1ccccc1F)C(=O)CN(c1cccc([N+](=O)[O-])c1)S(C)(=O)=O. The average Bonchev–Trinajstić information content (AvgIpc) is 2.93. The van der Waals surface area contributed by atoms with E-state index in [1.54, 1.807) is 36.4 Å². The fourth-order valence-electron chi connectivity index (χ4n) is 4.11. The van der Waals surface area contributed by atoms with Crippen LogP contribution in [0.5, 0.6) is 0 Å². The number of hydrogen-bond acceptors (Lipinski definition) is 6. The standard InChI is InChI=1S/C28H31FN4O6S/c1-3-16-30-28(35)26(17-21-10-5-4-6-11-21)31(19-22-12-7-8-15-25(22)29)27(34)20-32(40(2,38)39)23-13-9-14-24(18-23)33(36)37/h4-15,18,26H,3,16-17,19-20H2,1-2H3,(H,30,35). The molecule has 0 heterocycles. The van der Waals surface area contributed by atoms with Gasteiger partial charge in [0.15, 0.2) is 0 Å². The van der Waals surface area contributed by atoms with E-state index in [1.807, 2.05) is 6.92 Å². The first kappa shape index (κ1) is 30.2. The first-order chi connectivity index (χ1) is 19.0. The highest BCUT2D eigenvalue weighted by atomic mass is 32.2. The number of anilines is 1. The first-order valence-electron chi connectivity index (χ1n) is 12.6. The fourth-order valence-corrected chi connectivity index (χ4v) is 4.95. The molecular formula is C28H31FN4O6S. The molecule has 10 nitrogen and oxygen atoms in total. The van der Waals surface area contributed by atoms with E-state index < -0.39 is 45.2 Å². The molecule has 3 aromatic rings. The van der Waals surface area contributed by atoms with Gasteiger partial charge in [-0.1, -0.05) is 61.5 Å². The summed E-state index contributed by atoms with van der Waals surface area (Å²) in [6.45, 7) is 1.14.